The number of piperazine rings is 1. The minimum atomic E-state index is -1.20. The maximum absolute atomic E-state index is 12.0. The predicted octanol–water partition coefficient (Wildman–Crippen LogP) is 1.00. The molecule has 0 radical (unpaired) electrons. The number of anilines is 1. The summed E-state index contributed by atoms with van der Waals surface area (Å²) in [7, 11) is 0. The number of rotatable bonds is 2. The summed E-state index contributed by atoms with van der Waals surface area (Å²) in [6, 6.07) is 3.62. The highest BCUT2D eigenvalue weighted by Crippen LogP contribution is 2.21. The van der Waals surface area contributed by atoms with E-state index in [1.165, 1.54) is 23.1 Å². The maximum atomic E-state index is 12.0. The van der Waals surface area contributed by atoms with Crippen molar-refractivity contribution < 1.29 is 19.5 Å². The molecule has 0 aromatic heterocycles. The smallest absolute Gasteiger partial charge is 0.337 e. The van der Waals surface area contributed by atoms with Crippen LogP contribution in [0.5, 0.6) is 0 Å². The highest BCUT2D eigenvalue weighted by molar-refractivity contribution is 6.31. The van der Waals surface area contributed by atoms with Crippen molar-refractivity contribution in [1.82, 2.24) is 10.2 Å². The van der Waals surface area contributed by atoms with Gasteiger partial charge in [0, 0.05) is 18.1 Å². The zero-order valence-corrected chi connectivity index (χ0v) is 11.1. The molecule has 0 aliphatic carbocycles. The Morgan fingerprint density at radius 2 is 2.15 bits per heavy atom. The molecule has 0 spiro atoms. The van der Waals surface area contributed by atoms with Gasteiger partial charge in [-0.25, -0.2) is 9.59 Å². The first kappa shape index (κ1) is 14.1. The van der Waals surface area contributed by atoms with Crippen LogP contribution in [0.25, 0.3) is 0 Å². The van der Waals surface area contributed by atoms with E-state index in [0.717, 1.165) is 0 Å². The average molecular weight is 298 g/mol. The van der Waals surface area contributed by atoms with Crippen LogP contribution in [0, 0.1) is 0 Å². The van der Waals surface area contributed by atoms with Gasteiger partial charge in [-0.15, -0.1) is 0 Å². The SMILES string of the molecule is O=C1CN(C(=O)Nc2ccc(Cl)cc2C(=O)O)CCN1. The zero-order chi connectivity index (χ0) is 14.7. The van der Waals surface area contributed by atoms with E-state index in [2.05, 4.69) is 10.6 Å². The van der Waals surface area contributed by atoms with Crippen molar-refractivity contribution in [3.63, 3.8) is 0 Å². The van der Waals surface area contributed by atoms with Crippen molar-refractivity contribution in [2.24, 2.45) is 0 Å². The normalized spacial score (nSPS) is 14.7. The third kappa shape index (κ3) is 3.18. The van der Waals surface area contributed by atoms with Gasteiger partial charge in [-0.1, -0.05) is 11.6 Å². The summed E-state index contributed by atoms with van der Waals surface area (Å²) in [5, 5.41) is 14.4. The molecule has 1 aromatic carbocycles. The van der Waals surface area contributed by atoms with Crippen molar-refractivity contribution in [2.75, 3.05) is 25.0 Å². The topological polar surface area (TPSA) is 98.7 Å². The lowest BCUT2D eigenvalue weighted by Crippen LogP contribution is -2.51. The lowest BCUT2D eigenvalue weighted by atomic mass is 10.2. The molecule has 1 heterocycles. The van der Waals surface area contributed by atoms with Gasteiger partial charge in [-0.3, -0.25) is 4.79 Å². The molecular weight excluding hydrogens is 286 g/mol. The Balaban J connectivity index is 2.15. The van der Waals surface area contributed by atoms with Crippen molar-refractivity contribution in [2.45, 2.75) is 0 Å². The maximum Gasteiger partial charge on any atom is 0.337 e. The molecule has 3 amide bonds. The molecule has 3 N–H and O–H groups in total. The number of aromatic carboxylic acids is 1. The van der Waals surface area contributed by atoms with Crippen LogP contribution in [0.1, 0.15) is 10.4 Å². The number of hydrogen-bond acceptors (Lipinski definition) is 3. The van der Waals surface area contributed by atoms with E-state index in [4.69, 9.17) is 16.7 Å². The molecule has 1 aliphatic heterocycles. The number of amides is 3. The van der Waals surface area contributed by atoms with E-state index in [0.29, 0.717) is 13.1 Å². The summed E-state index contributed by atoms with van der Waals surface area (Å²) in [6.45, 7) is 0.689. The number of benzene rings is 1. The van der Waals surface area contributed by atoms with E-state index in [1.807, 2.05) is 0 Å². The van der Waals surface area contributed by atoms with Crippen LogP contribution >= 0.6 is 11.6 Å². The van der Waals surface area contributed by atoms with Crippen LogP contribution in [-0.2, 0) is 4.79 Å². The van der Waals surface area contributed by atoms with Gasteiger partial charge in [0.05, 0.1) is 11.3 Å². The van der Waals surface area contributed by atoms with Gasteiger partial charge < -0.3 is 20.6 Å². The standard InChI is InChI=1S/C12H12ClN3O4/c13-7-1-2-9(8(5-7)11(18)19)15-12(20)16-4-3-14-10(17)6-16/h1-2,5H,3-4,6H2,(H,14,17)(H,15,20)(H,18,19). The Hall–Kier alpha value is -2.28. The average Bonchev–Trinajstić information content (AvgIpc) is 2.40. The van der Waals surface area contributed by atoms with Gasteiger partial charge in [-0.2, -0.15) is 0 Å². The first-order chi connectivity index (χ1) is 9.47. The molecule has 8 heteroatoms. The van der Waals surface area contributed by atoms with Crippen LogP contribution in [0.15, 0.2) is 18.2 Å². The molecule has 1 saturated heterocycles. The second kappa shape index (κ2) is 5.79. The van der Waals surface area contributed by atoms with Crippen molar-refractivity contribution in [3.05, 3.63) is 28.8 Å². The molecule has 106 valence electrons. The highest BCUT2D eigenvalue weighted by Gasteiger charge is 2.22. The second-order valence-electron chi connectivity index (χ2n) is 4.20. The van der Waals surface area contributed by atoms with Crippen molar-refractivity contribution in [1.29, 1.82) is 0 Å². The summed E-state index contributed by atoms with van der Waals surface area (Å²) in [5.74, 6) is -1.44. The first-order valence-electron chi connectivity index (χ1n) is 5.83. The largest absolute Gasteiger partial charge is 0.478 e. The first-order valence-corrected chi connectivity index (χ1v) is 6.20. The Morgan fingerprint density at radius 3 is 2.80 bits per heavy atom. The number of nitrogens with one attached hydrogen (secondary N) is 2. The van der Waals surface area contributed by atoms with E-state index >= 15 is 0 Å². The summed E-state index contributed by atoms with van der Waals surface area (Å²) in [4.78, 5) is 35.6. The molecule has 0 unspecified atom stereocenters. The fourth-order valence-corrected chi connectivity index (χ4v) is 1.98. The molecule has 1 aromatic rings. The molecule has 20 heavy (non-hydrogen) atoms. The van der Waals surface area contributed by atoms with Crippen LogP contribution < -0.4 is 10.6 Å². The monoisotopic (exact) mass is 297 g/mol. The fourth-order valence-electron chi connectivity index (χ4n) is 1.81. The van der Waals surface area contributed by atoms with Gasteiger partial charge in [0.15, 0.2) is 0 Å². The zero-order valence-electron chi connectivity index (χ0n) is 10.4. The number of carboxylic acids is 1. The number of hydrogen-bond donors (Lipinski definition) is 3. The van der Waals surface area contributed by atoms with Gasteiger partial charge in [0.25, 0.3) is 0 Å². The van der Waals surface area contributed by atoms with Crippen LogP contribution in [0.3, 0.4) is 0 Å². The number of halogens is 1. The van der Waals surface area contributed by atoms with Crippen molar-refractivity contribution in [3.8, 4) is 0 Å². The molecule has 0 saturated carbocycles. The lowest BCUT2D eigenvalue weighted by molar-refractivity contribution is -0.123. The number of carbonyl (C=O) groups is 3. The van der Waals surface area contributed by atoms with Crippen LogP contribution in [0.4, 0.5) is 10.5 Å². The van der Waals surface area contributed by atoms with Crippen LogP contribution in [-0.4, -0.2) is 47.5 Å². The van der Waals surface area contributed by atoms with Gasteiger partial charge >= 0.3 is 12.0 Å². The minimum absolute atomic E-state index is 0.0537. The second-order valence-corrected chi connectivity index (χ2v) is 4.63. The molecular formula is C12H12ClN3O4. The van der Waals surface area contributed by atoms with Gasteiger partial charge in [-0.05, 0) is 18.2 Å². The molecule has 2 rings (SSSR count). The Bertz CT molecular complexity index is 576. The summed E-state index contributed by atoms with van der Waals surface area (Å²) < 4.78 is 0. The number of carboxylic acid groups (broad SMARTS) is 1. The third-order valence-electron chi connectivity index (χ3n) is 2.78. The highest BCUT2D eigenvalue weighted by atomic mass is 35.5. The van der Waals surface area contributed by atoms with Gasteiger partial charge in [0.2, 0.25) is 5.91 Å². The Labute approximate surface area is 119 Å². The summed E-state index contributed by atoms with van der Waals surface area (Å²) in [6.07, 6.45) is 0. The Morgan fingerprint density at radius 1 is 1.40 bits per heavy atom. The minimum Gasteiger partial charge on any atom is -0.478 e. The summed E-state index contributed by atoms with van der Waals surface area (Å²) in [5.41, 5.74) is 0.0326. The molecule has 0 atom stereocenters. The van der Waals surface area contributed by atoms with Gasteiger partial charge in [0.1, 0.15) is 6.54 Å². The summed E-state index contributed by atoms with van der Waals surface area (Å²) >= 11 is 5.73. The van der Waals surface area contributed by atoms with E-state index < -0.39 is 12.0 Å². The van der Waals surface area contributed by atoms with E-state index in [9.17, 15) is 14.4 Å². The van der Waals surface area contributed by atoms with Crippen molar-refractivity contribution >= 4 is 35.2 Å². The molecule has 7 nitrogen and oxygen atoms in total. The van der Waals surface area contributed by atoms with Crippen LogP contribution in [0.2, 0.25) is 5.02 Å². The Kier molecular flexibility index (Phi) is 4.09. The van der Waals surface area contributed by atoms with E-state index in [-0.39, 0.29) is 28.7 Å². The quantitative estimate of drug-likeness (QED) is 0.758. The lowest BCUT2D eigenvalue weighted by Gasteiger charge is -2.27. The number of carbonyl (C=O) groups excluding carboxylic acids is 2. The molecule has 1 fully saturated rings. The number of urea groups is 1. The molecule has 0 bridgehead atoms. The number of nitrogens with zero attached hydrogens (tertiary/aromatic N) is 1. The molecule has 1 aliphatic rings. The third-order valence-corrected chi connectivity index (χ3v) is 3.01. The fraction of sp³-hybridized carbons (Fsp3) is 0.250. The van der Waals surface area contributed by atoms with E-state index in [1.54, 1.807) is 0 Å². The predicted molar refractivity (Wildman–Crippen MR) is 72.0 cm³/mol.